The Morgan fingerprint density at radius 2 is 1.89 bits per heavy atom. The molecular weight excluding hydrogens is 232 g/mol. The van der Waals surface area contributed by atoms with Gasteiger partial charge in [-0.3, -0.25) is 0 Å². The van der Waals surface area contributed by atoms with E-state index in [1.165, 1.54) is 4.90 Å². The molecule has 0 bridgehead atoms. The molecule has 0 saturated carbocycles. The topological polar surface area (TPSA) is 64.8 Å². The zero-order valence-electron chi connectivity index (χ0n) is 10.7. The third-order valence-corrected chi connectivity index (χ3v) is 2.39. The van der Waals surface area contributed by atoms with Crippen molar-refractivity contribution in [2.75, 3.05) is 32.9 Å². The fraction of sp³-hybridized carbons (Fsp3) is 0.462. The van der Waals surface area contributed by atoms with Gasteiger partial charge in [0.25, 0.3) is 0 Å². The number of nitrogens with two attached hydrogens (primary N) is 1. The van der Waals surface area contributed by atoms with E-state index in [0.29, 0.717) is 32.9 Å². The lowest BCUT2D eigenvalue weighted by atomic mass is 10.3. The van der Waals surface area contributed by atoms with Crippen LogP contribution < -0.4 is 10.5 Å². The first-order valence-corrected chi connectivity index (χ1v) is 6.04. The number of carbonyl (C=O) groups is 1. The summed E-state index contributed by atoms with van der Waals surface area (Å²) in [5.74, 6) is 0.784. The molecule has 0 aliphatic heterocycles. The molecule has 0 fully saturated rings. The van der Waals surface area contributed by atoms with Gasteiger partial charge in [-0.05, 0) is 19.1 Å². The molecule has 0 aliphatic rings. The molecular formula is C13H20N2O3. The zero-order valence-corrected chi connectivity index (χ0v) is 10.7. The van der Waals surface area contributed by atoms with Crippen molar-refractivity contribution in [1.29, 1.82) is 0 Å². The zero-order chi connectivity index (χ0) is 13.2. The highest BCUT2D eigenvalue weighted by Crippen LogP contribution is 2.07. The molecule has 1 aromatic carbocycles. The van der Waals surface area contributed by atoms with Gasteiger partial charge in [0.05, 0.1) is 13.2 Å². The second-order valence-corrected chi connectivity index (χ2v) is 3.68. The molecule has 0 heterocycles. The van der Waals surface area contributed by atoms with Crippen molar-refractivity contribution in [3.05, 3.63) is 30.3 Å². The maximum absolute atomic E-state index is 11.2. The molecule has 0 radical (unpaired) electrons. The summed E-state index contributed by atoms with van der Waals surface area (Å²) in [6.07, 6.45) is 0. The van der Waals surface area contributed by atoms with Crippen LogP contribution in [0.25, 0.3) is 0 Å². The monoisotopic (exact) mass is 252 g/mol. The summed E-state index contributed by atoms with van der Waals surface area (Å²) in [5.41, 5.74) is 5.27. The Kier molecular flexibility index (Phi) is 6.64. The molecule has 2 amide bonds. The van der Waals surface area contributed by atoms with Crippen molar-refractivity contribution in [3.8, 4) is 5.75 Å². The largest absolute Gasteiger partial charge is 0.492 e. The van der Waals surface area contributed by atoms with Crippen molar-refractivity contribution in [3.63, 3.8) is 0 Å². The van der Waals surface area contributed by atoms with Crippen molar-refractivity contribution in [1.82, 2.24) is 4.90 Å². The lowest BCUT2D eigenvalue weighted by Crippen LogP contribution is -2.40. The number of hydrogen-bond donors (Lipinski definition) is 1. The van der Waals surface area contributed by atoms with Gasteiger partial charge >= 0.3 is 6.03 Å². The van der Waals surface area contributed by atoms with E-state index in [1.807, 2.05) is 37.3 Å². The van der Waals surface area contributed by atoms with Crippen LogP contribution in [-0.2, 0) is 4.74 Å². The highest BCUT2D eigenvalue weighted by atomic mass is 16.5. The van der Waals surface area contributed by atoms with Crippen molar-refractivity contribution in [2.24, 2.45) is 5.73 Å². The maximum atomic E-state index is 11.2. The van der Waals surface area contributed by atoms with Gasteiger partial charge in [0, 0.05) is 13.2 Å². The SMILES string of the molecule is CCOCCN(CCOc1ccccc1)C(N)=O. The Labute approximate surface area is 107 Å². The van der Waals surface area contributed by atoms with Crippen LogP contribution in [0.15, 0.2) is 30.3 Å². The number of primary amides is 1. The lowest BCUT2D eigenvalue weighted by molar-refractivity contribution is 0.116. The summed E-state index contributed by atoms with van der Waals surface area (Å²) >= 11 is 0. The molecule has 100 valence electrons. The molecule has 0 aromatic heterocycles. The molecule has 0 unspecified atom stereocenters. The van der Waals surface area contributed by atoms with Crippen LogP contribution in [0.2, 0.25) is 0 Å². The van der Waals surface area contributed by atoms with Gasteiger partial charge < -0.3 is 20.1 Å². The van der Waals surface area contributed by atoms with Crippen LogP contribution in [0.1, 0.15) is 6.92 Å². The number of amides is 2. The third kappa shape index (κ3) is 5.54. The van der Waals surface area contributed by atoms with Crippen LogP contribution in [-0.4, -0.2) is 43.8 Å². The summed E-state index contributed by atoms with van der Waals surface area (Å²) in [6.45, 7) is 4.39. The molecule has 0 spiro atoms. The fourth-order valence-corrected chi connectivity index (χ4v) is 1.44. The first kappa shape index (κ1) is 14.3. The minimum Gasteiger partial charge on any atom is -0.492 e. The third-order valence-electron chi connectivity index (χ3n) is 2.39. The van der Waals surface area contributed by atoms with E-state index in [0.717, 1.165) is 5.75 Å². The molecule has 18 heavy (non-hydrogen) atoms. The second kappa shape index (κ2) is 8.36. The number of urea groups is 1. The van der Waals surface area contributed by atoms with E-state index in [2.05, 4.69) is 0 Å². The second-order valence-electron chi connectivity index (χ2n) is 3.68. The molecule has 5 heteroatoms. The van der Waals surface area contributed by atoms with Crippen LogP contribution >= 0.6 is 0 Å². The number of ether oxygens (including phenoxy) is 2. The Morgan fingerprint density at radius 3 is 2.50 bits per heavy atom. The summed E-state index contributed by atoms with van der Waals surface area (Å²) in [4.78, 5) is 12.7. The maximum Gasteiger partial charge on any atom is 0.314 e. The van der Waals surface area contributed by atoms with Crippen molar-refractivity contribution in [2.45, 2.75) is 6.92 Å². The van der Waals surface area contributed by atoms with E-state index in [1.54, 1.807) is 0 Å². The minimum atomic E-state index is -0.452. The predicted octanol–water partition coefficient (Wildman–Crippen LogP) is 1.48. The Hall–Kier alpha value is -1.75. The number of hydrogen-bond acceptors (Lipinski definition) is 3. The highest BCUT2D eigenvalue weighted by molar-refractivity contribution is 5.71. The molecule has 1 rings (SSSR count). The minimum absolute atomic E-state index is 0.416. The van der Waals surface area contributed by atoms with Crippen LogP contribution in [0, 0.1) is 0 Å². The van der Waals surface area contributed by atoms with Crippen molar-refractivity contribution < 1.29 is 14.3 Å². The van der Waals surface area contributed by atoms with Crippen LogP contribution in [0.4, 0.5) is 4.79 Å². The molecule has 5 nitrogen and oxygen atoms in total. The van der Waals surface area contributed by atoms with E-state index >= 15 is 0 Å². The average Bonchev–Trinajstić information content (AvgIpc) is 2.38. The number of nitrogens with zero attached hydrogens (tertiary/aromatic N) is 1. The van der Waals surface area contributed by atoms with Gasteiger partial charge in [-0.15, -0.1) is 0 Å². The van der Waals surface area contributed by atoms with Gasteiger partial charge in [0.2, 0.25) is 0 Å². The van der Waals surface area contributed by atoms with Gasteiger partial charge in [0.1, 0.15) is 12.4 Å². The number of carbonyl (C=O) groups excluding carboxylic acids is 1. The van der Waals surface area contributed by atoms with Gasteiger partial charge in [-0.25, -0.2) is 4.79 Å². The molecule has 0 atom stereocenters. The first-order valence-electron chi connectivity index (χ1n) is 6.04. The number of benzene rings is 1. The molecule has 2 N–H and O–H groups in total. The smallest absolute Gasteiger partial charge is 0.314 e. The molecule has 0 saturated heterocycles. The summed E-state index contributed by atoms with van der Waals surface area (Å²) in [5, 5.41) is 0. The van der Waals surface area contributed by atoms with E-state index in [-0.39, 0.29) is 0 Å². The van der Waals surface area contributed by atoms with Gasteiger partial charge in [-0.1, -0.05) is 18.2 Å². The molecule has 0 aliphatic carbocycles. The van der Waals surface area contributed by atoms with Crippen LogP contribution in [0.5, 0.6) is 5.75 Å². The normalized spacial score (nSPS) is 10.1. The predicted molar refractivity (Wildman–Crippen MR) is 69.6 cm³/mol. The number of rotatable bonds is 8. The quantitative estimate of drug-likeness (QED) is 0.713. The molecule has 1 aromatic rings. The fourth-order valence-electron chi connectivity index (χ4n) is 1.44. The van der Waals surface area contributed by atoms with E-state index in [9.17, 15) is 4.79 Å². The summed E-state index contributed by atoms with van der Waals surface area (Å²) < 4.78 is 10.7. The van der Waals surface area contributed by atoms with Crippen LogP contribution in [0.3, 0.4) is 0 Å². The summed E-state index contributed by atoms with van der Waals surface area (Å²) in [7, 11) is 0. The Morgan fingerprint density at radius 1 is 1.22 bits per heavy atom. The average molecular weight is 252 g/mol. The summed E-state index contributed by atoms with van der Waals surface area (Å²) in [6, 6.07) is 9.01. The standard InChI is InChI=1S/C13H20N2O3/c1-2-17-10-8-15(13(14)16)9-11-18-12-6-4-3-5-7-12/h3-7H,2,8-11H2,1H3,(H2,14,16). The Balaban J connectivity index is 2.27. The highest BCUT2D eigenvalue weighted by Gasteiger charge is 2.08. The number of para-hydroxylation sites is 1. The van der Waals surface area contributed by atoms with Crippen molar-refractivity contribution >= 4 is 6.03 Å². The van der Waals surface area contributed by atoms with Gasteiger partial charge in [0.15, 0.2) is 0 Å². The van der Waals surface area contributed by atoms with E-state index in [4.69, 9.17) is 15.2 Å². The van der Waals surface area contributed by atoms with Gasteiger partial charge in [-0.2, -0.15) is 0 Å². The lowest BCUT2D eigenvalue weighted by Gasteiger charge is -2.20. The first-order chi connectivity index (χ1) is 8.74. The Bertz CT molecular complexity index is 343. The van der Waals surface area contributed by atoms with E-state index < -0.39 is 6.03 Å².